The first-order chi connectivity index (χ1) is 9.31. The topological polar surface area (TPSA) is 110 Å². The van der Waals surface area contributed by atoms with E-state index in [-0.39, 0.29) is 16.9 Å². The van der Waals surface area contributed by atoms with Crippen LogP contribution >= 0.6 is 0 Å². The predicted molar refractivity (Wildman–Crippen MR) is 64.7 cm³/mol. The molecule has 8 heteroatoms. The summed E-state index contributed by atoms with van der Waals surface area (Å²) in [5.74, 6) is -2.33. The van der Waals surface area contributed by atoms with Gasteiger partial charge in [-0.1, -0.05) is 0 Å². The highest BCUT2D eigenvalue weighted by atomic mass is 19.2. The van der Waals surface area contributed by atoms with E-state index in [2.05, 4.69) is 9.97 Å². The molecule has 20 heavy (non-hydrogen) atoms. The van der Waals surface area contributed by atoms with Crippen molar-refractivity contribution >= 4 is 11.0 Å². The van der Waals surface area contributed by atoms with Crippen LogP contribution in [0.3, 0.4) is 0 Å². The third-order valence-electron chi connectivity index (χ3n) is 2.99. The lowest BCUT2D eigenvalue weighted by Crippen LogP contribution is -2.39. The number of aliphatic hydroxyl groups excluding tert-OH is 4. The van der Waals surface area contributed by atoms with E-state index < -0.39 is 36.1 Å². The zero-order valence-corrected chi connectivity index (χ0v) is 10.5. The maximum atomic E-state index is 13.0. The molecule has 0 spiro atoms. The van der Waals surface area contributed by atoms with Crippen molar-refractivity contribution in [2.24, 2.45) is 0 Å². The molecule has 0 fully saturated rings. The minimum atomic E-state index is -1.70. The first-order valence-electron chi connectivity index (χ1n) is 5.88. The van der Waals surface area contributed by atoms with Gasteiger partial charge in [-0.25, -0.2) is 13.8 Å². The summed E-state index contributed by atoms with van der Waals surface area (Å²) < 4.78 is 26.1. The molecule has 0 aliphatic carbocycles. The van der Waals surface area contributed by atoms with Crippen molar-refractivity contribution in [3.63, 3.8) is 0 Å². The number of nitrogens with one attached hydrogen (secondary N) is 1. The van der Waals surface area contributed by atoms with E-state index in [4.69, 9.17) is 5.11 Å². The molecule has 0 radical (unpaired) electrons. The lowest BCUT2D eigenvalue weighted by atomic mass is 10.0. The van der Waals surface area contributed by atoms with Crippen molar-refractivity contribution in [1.29, 1.82) is 0 Å². The molecule has 0 bridgehead atoms. The number of rotatable bonds is 4. The van der Waals surface area contributed by atoms with Crippen LogP contribution in [0.1, 0.15) is 18.9 Å². The lowest BCUT2D eigenvalue weighted by molar-refractivity contribution is -0.103. The molecule has 0 aliphatic heterocycles. The number of halogens is 2. The van der Waals surface area contributed by atoms with Gasteiger partial charge in [0, 0.05) is 12.1 Å². The fourth-order valence-electron chi connectivity index (χ4n) is 1.80. The van der Waals surface area contributed by atoms with Gasteiger partial charge in [0.1, 0.15) is 24.1 Å². The number of aromatic amines is 1. The number of hydrogen-bond donors (Lipinski definition) is 5. The van der Waals surface area contributed by atoms with Gasteiger partial charge in [-0.15, -0.1) is 0 Å². The van der Waals surface area contributed by atoms with Crippen molar-refractivity contribution in [3.05, 3.63) is 29.6 Å². The van der Waals surface area contributed by atoms with Crippen LogP contribution in [0.4, 0.5) is 8.78 Å². The Hall–Kier alpha value is -1.61. The molecule has 1 aromatic heterocycles. The van der Waals surface area contributed by atoms with E-state index in [1.54, 1.807) is 0 Å². The molecule has 6 nitrogen and oxygen atoms in total. The number of imidazole rings is 1. The highest BCUT2D eigenvalue weighted by Gasteiger charge is 2.31. The van der Waals surface area contributed by atoms with Crippen molar-refractivity contribution < 1.29 is 29.2 Å². The second kappa shape index (κ2) is 5.41. The first-order valence-corrected chi connectivity index (χ1v) is 5.88. The van der Waals surface area contributed by atoms with E-state index in [0.29, 0.717) is 0 Å². The quantitative estimate of drug-likeness (QED) is 0.543. The average molecular weight is 288 g/mol. The number of aliphatic hydroxyl groups is 4. The summed E-state index contributed by atoms with van der Waals surface area (Å²) in [6, 6.07) is 1.71. The van der Waals surface area contributed by atoms with E-state index >= 15 is 0 Å². The Labute approximate surface area is 112 Å². The van der Waals surface area contributed by atoms with Gasteiger partial charge in [-0.2, -0.15) is 0 Å². The van der Waals surface area contributed by atoms with Gasteiger partial charge in [-0.3, -0.25) is 0 Å². The Morgan fingerprint density at radius 1 is 1.05 bits per heavy atom. The Balaban J connectivity index is 2.33. The van der Waals surface area contributed by atoms with Crippen LogP contribution in [0.5, 0.6) is 0 Å². The van der Waals surface area contributed by atoms with Crippen LogP contribution in [0.25, 0.3) is 11.0 Å². The van der Waals surface area contributed by atoms with Crippen LogP contribution < -0.4 is 0 Å². The molecule has 2 aromatic rings. The number of aromatic nitrogens is 2. The van der Waals surface area contributed by atoms with Gasteiger partial charge in [0.15, 0.2) is 11.6 Å². The molecular weight excluding hydrogens is 274 g/mol. The SMILES string of the molecule is CC(O)C(O)C(O)[C@@H](O)c1nc2cc(F)c(F)cc2[nH]1. The fourth-order valence-corrected chi connectivity index (χ4v) is 1.80. The van der Waals surface area contributed by atoms with Crippen LogP contribution in [0.2, 0.25) is 0 Å². The summed E-state index contributed by atoms with van der Waals surface area (Å²) in [5.41, 5.74) is 0.202. The molecule has 110 valence electrons. The van der Waals surface area contributed by atoms with Crippen molar-refractivity contribution in [3.8, 4) is 0 Å². The van der Waals surface area contributed by atoms with Crippen LogP contribution in [0.15, 0.2) is 12.1 Å². The Bertz CT molecular complexity index is 578. The minimum absolute atomic E-state index is 0.0664. The minimum Gasteiger partial charge on any atom is -0.391 e. The number of fused-ring (bicyclic) bond motifs is 1. The lowest BCUT2D eigenvalue weighted by Gasteiger charge is -2.23. The molecule has 0 saturated heterocycles. The van der Waals surface area contributed by atoms with Gasteiger partial charge >= 0.3 is 0 Å². The van der Waals surface area contributed by atoms with Crippen LogP contribution in [-0.2, 0) is 0 Å². The largest absolute Gasteiger partial charge is 0.391 e. The molecule has 2 rings (SSSR count). The number of nitrogens with zero attached hydrogens (tertiary/aromatic N) is 1. The highest BCUT2D eigenvalue weighted by molar-refractivity contribution is 5.75. The van der Waals surface area contributed by atoms with Crippen LogP contribution in [0, 0.1) is 11.6 Å². The van der Waals surface area contributed by atoms with Gasteiger partial charge in [0.25, 0.3) is 0 Å². The molecule has 1 heterocycles. The Morgan fingerprint density at radius 3 is 2.25 bits per heavy atom. The summed E-state index contributed by atoms with van der Waals surface area (Å²) in [6.45, 7) is 1.24. The molecule has 3 unspecified atom stereocenters. The van der Waals surface area contributed by atoms with Crippen molar-refractivity contribution in [1.82, 2.24) is 9.97 Å². The molecule has 1 aromatic carbocycles. The molecule has 0 saturated carbocycles. The molecule has 5 N–H and O–H groups in total. The first kappa shape index (κ1) is 14.8. The molecular formula is C12H14F2N2O4. The van der Waals surface area contributed by atoms with E-state index in [1.165, 1.54) is 6.92 Å². The maximum absolute atomic E-state index is 13.0. The summed E-state index contributed by atoms with van der Waals surface area (Å²) in [6.07, 6.45) is -6.20. The van der Waals surface area contributed by atoms with E-state index in [0.717, 1.165) is 12.1 Å². The molecule has 0 aliphatic rings. The monoisotopic (exact) mass is 288 g/mol. The molecule has 4 atom stereocenters. The fraction of sp³-hybridized carbons (Fsp3) is 0.417. The van der Waals surface area contributed by atoms with Gasteiger partial charge in [0.2, 0.25) is 0 Å². The maximum Gasteiger partial charge on any atom is 0.161 e. The van der Waals surface area contributed by atoms with Crippen molar-refractivity contribution in [2.45, 2.75) is 31.3 Å². The molecule has 0 amide bonds. The van der Waals surface area contributed by atoms with Gasteiger partial charge in [0.05, 0.1) is 17.1 Å². The zero-order chi connectivity index (χ0) is 15.0. The van der Waals surface area contributed by atoms with Gasteiger partial charge in [-0.05, 0) is 6.92 Å². The third-order valence-corrected chi connectivity index (χ3v) is 2.99. The summed E-state index contributed by atoms with van der Waals surface area (Å²) >= 11 is 0. The van der Waals surface area contributed by atoms with Crippen LogP contribution in [-0.4, -0.2) is 48.7 Å². The van der Waals surface area contributed by atoms with E-state index in [1.807, 2.05) is 0 Å². The summed E-state index contributed by atoms with van der Waals surface area (Å²) in [5, 5.41) is 38.1. The van der Waals surface area contributed by atoms with Crippen molar-refractivity contribution in [2.75, 3.05) is 0 Å². The predicted octanol–water partition coefficient (Wildman–Crippen LogP) is -0.0229. The second-order valence-electron chi connectivity index (χ2n) is 4.57. The average Bonchev–Trinajstić information content (AvgIpc) is 2.79. The standard InChI is InChI=1S/C12H14F2N2O4/c1-4(17)9(18)10(19)11(20)12-15-7-2-5(13)6(14)3-8(7)16-12/h2-4,9-11,17-20H,1H3,(H,15,16)/t4?,9?,10?,11-/m1/s1. The highest BCUT2D eigenvalue weighted by Crippen LogP contribution is 2.22. The summed E-state index contributed by atoms with van der Waals surface area (Å²) in [7, 11) is 0. The third kappa shape index (κ3) is 2.63. The number of benzene rings is 1. The second-order valence-corrected chi connectivity index (χ2v) is 4.57. The van der Waals surface area contributed by atoms with Gasteiger partial charge < -0.3 is 25.4 Å². The van der Waals surface area contributed by atoms with E-state index in [9.17, 15) is 24.1 Å². The normalized spacial score (nSPS) is 17.9. The number of hydrogen-bond acceptors (Lipinski definition) is 5. The smallest absolute Gasteiger partial charge is 0.161 e. The Morgan fingerprint density at radius 2 is 1.65 bits per heavy atom. The Kier molecular flexibility index (Phi) is 4.00. The zero-order valence-electron chi connectivity index (χ0n) is 10.5. The summed E-state index contributed by atoms with van der Waals surface area (Å²) in [4.78, 5) is 6.33. The number of H-pyrrole nitrogens is 1.